The van der Waals surface area contributed by atoms with Gasteiger partial charge in [-0.2, -0.15) is 0 Å². The maximum atomic E-state index is 13.8. The summed E-state index contributed by atoms with van der Waals surface area (Å²) in [7, 11) is 0. The highest BCUT2D eigenvalue weighted by Gasteiger charge is 2.36. The quantitative estimate of drug-likeness (QED) is 0.829. The number of hydrogen-bond donors (Lipinski definition) is 1. The molecule has 1 saturated carbocycles. The normalized spacial score (nSPS) is 17.6. The molecule has 0 saturated heterocycles. The SMILES string of the molecule is CCC1(Cn2c(N)nc3cc(I)c(F)cc32)CCC1. The van der Waals surface area contributed by atoms with Gasteiger partial charge in [-0.15, -0.1) is 0 Å². The van der Waals surface area contributed by atoms with Crippen LogP contribution in [-0.2, 0) is 6.54 Å². The van der Waals surface area contributed by atoms with E-state index in [1.165, 1.54) is 19.3 Å². The molecule has 1 fully saturated rings. The molecule has 1 heterocycles. The minimum absolute atomic E-state index is 0.201. The van der Waals surface area contributed by atoms with Gasteiger partial charge in [0, 0.05) is 12.6 Å². The van der Waals surface area contributed by atoms with E-state index in [4.69, 9.17) is 5.73 Å². The second-order valence-electron chi connectivity index (χ2n) is 5.52. The Labute approximate surface area is 125 Å². The predicted molar refractivity (Wildman–Crippen MR) is 83.4 cm³/mol. The van der Waals surface area contributed by atoms with Crippen LogP contribution in [0.5, 0.6) is 0 Å². The summed E-state index contributed by atoms with van der Waals surface area (Å²) in [5.41, 5.74) is 7.96. The largest absolute Gasteiger partial charge is 0.369 e. The predicted octanol–water partition coefficient (Wildman–Crippen LogP) is 3.94. The van der Waals surface area contributed by atoms with E-state index in [-0.39, 0.29) is 5.82 Å². The average Bonchev–Trinajstić information content (AvgIpc) is 2.61. The zero-order chi connectivity index (χ0) is 13.6. The lowest BCUT2D eigenvalue weighted by molar-refractivity contribution is 0.103. The van der Waals surface area contributed by atoms with E-state index in [1.54, 1.807) is 12.1 Å². The Bertz CT molecular complexity index is 626. The Balaban J connectivity index is 2.07. The molecule has 102 valence electrons. The van der Waals surface area contributed by atoms with Crippen molar-refractivity contribution < 1.29 is 4.39 Å². The highest BCUT2D eigenvalue weighted by atomic mass is 127. The summed E-state index contributed by atoms with van der Waals surface area (Å²) in [5, 5.41) is 0. The molecule has 0 aliphatic heterocycles. The first-order valence-corrected chi connectivity index (χ1v) is 7.73. The van der Waals surface area contributed by atoms with E-state index >= 15 is 0 Å². The fourth-order valence-corrected chi connectivity index (χ4v) is 3.39. The molecule has 3 rings (SSSR count). The number of nitrogens with zero attached hydrogens (tertiary/aromatic N) is 2. The van der Waals surface area contributed by atoms with Crippen LogP contribution in [0, 0.1) is 14.8 Å². The molecule has 1 aromatic heterocycles. The lowest BCUT2D eigenvalue weighted by Gasteiger charge is -2.41. The number of hydrogen-bond acceptors (Lipinski definition) is 2. The van der Waals surface area contributed by atoms with Gasteiger partial charge in [-0.05, 0) is 53.3 Å². The first-order chi connectivity index (χ1) is 9.04. The van der Waals surface area contributed by atoms with Gasteiger partial charge in [0.15, 0.2) is 0 Å². The number of nitrogen functional groups attached to an aromatic ring is 1. The number of benzene rings is 1. The van der Waals surface area contributed by atoms with Crippen molar-refractivity contribution in [2.45, 2.75) is 39.2 Å². The van der Waals surface area contributed by atoms with Crippen LogP contribution in [0.4, 0.5) is 10.3 Å². The number of imidazole rings is 1. The molecule has 1 aliphatic rings. The lowest BCUT2D eigenvalue weighted by Crippen LogP contribution is -2.33. The van der Waals surface area contributed by atoms with Crippen molar-refractivity contribution in [3.63, 3.8) is 0 Å². The zero-order valence-corrected chi connectivity index (χ0v) is 13.1. The molecule has 0 radical (unpaired) electrons. The van der Waals surface area contributed by atoms with Crippen molar-refractivity contribution in [2.75, 3.05) is 5.73 Å². The maximum Gasteiger partial charge on any atom is 0.201 e. The Kier molecular flexibility index (Phi) is 3.19. The summed E-state index contributed by atoms with van der Waals surface area (Å²) in [6.07, 6.45) is 4.89. The number of aromatic nitrogens is 2. The standard InChI is InChI=1S/C14H17FIN3/c1-2-14(4-3-5-14)8-19-12-6-9(15)10(16)7-11(12)18-13(19)17/h6-7H,2-5,8H2,1H3,(H2,17,18). The van der Waals surface area contributed by atoms with Crippen LogP contribution in [0.15, 0.2) is 12.1 Å². The third kappa shape index (κ3) is 2.11. The monoisotopic (exact) mass is 373 g/mol. The van der Waals surface area contributed by atoms with Crippen LogP contribution in [-0.4, -0.2) is 9.55 Å². The van der Waals surface area contributed by atoms with Crippen LogP contribution in [0.25, 0.3) is 11.0 Å². The summed E-state index contributed by atoms with van der Waals surface area (Å²) >= 11 is 1.98. The molecular weight excluding hydrogens is 356 g/mol. The second-order valence-corrected chi connectivity index (χ2v) is 6.68. The maximum absolute atomic E-state index is 13.8. The van der Waals surface area contributed by atoms with Gasteiger partial charge in [-0.25, -0.2) is 9.37 Å². The van der Waals surface area contributed by atoms with Crippen LogP contribution in [0.2, 0.25) is 0 Å². The van der Waals surface area contributed by atoms with Crippen molar-refractivity contribution >= 4 is 39.6 Å². The number of fused-ring (bicyclic) bond motifs is 1. The molecule has 0 spiro atoms. The van der Waals surface area contributed by atoms with Crippen LogP contribution in [0.3, 0.4) is 0 Å². The lowest BCUT2D eigenvalue weighted by atomic mass is 9.67. The van der Waals surface area contributed by atoms with Crippen LogP contribution >= 0.6 is 22.6 Å². The molecule has 2 aromatic rings. The first-order valence-electron chi connectivity index (χ1n) is 6.65. The Hall–Kier alpha value is -0.850. The number of rotatable bonds is 3. The summed E-state index contributed by atoms with van der Waals surface area (Å²) in [6.45, 7) is 3.07. The van der Waals surface area contributed by atoms with Crippen molar-refractivity contribution in [1.29, 1.82) is 0 Å². The smallest absolute Gasteiger partial charge is 0.201 e. The molecule has 1 aliphatic carbocycles. The molecule has 2 N–H and O–H groups in total. The molecule has 3 nitrogen and oxygen atoms in total. The van der Waals surface area contributed by atoms with E-state index in [1.807, 2.05) is 27.2 Å². The summed E-state index contributed by atoms with van der Waals surface area (Å²) in [4.78, 5) is 4.36. The van der Waals surface area contributed by atoms with Crippen molar-refractivity contribution in [3.05, 3.63) is 21.5 Å². The highest BCUT2D eigenvalue weighted by molar-refractivity contribution is 14.1. The van der Waals surface area contributed by atoms with Crippen molar-refractivity contribution in [1.82, 2.24) is 9.55 Å². The second kappa shape index (κ2) is 4.61. The van der Waals surface area contributed by atoms with Gasteiger partial charge < -0.3 is 10.3 Å². The Morgan fingerprint density at radius 2 is 2.21 bits per heavy atom. The molecule has 0 bridgehead atoms. The van der Waals surface area contributed by atoms with Gasteiger partial charge in [0.25, 0.3) is 0 Å². The van der Waals surface area contributed by atoms with Gasteiger partial charge in [0.2, 0.25) is 5.95 Å². The average molecular weight is 373 g/mol. The van der Waals surface area contributed by atoms with Gasteiger partial charge >= 0.3 is 0 Å². The topological polar surface area (TPSA) is 43.8 Å². The molecule has 5 heteroatoms. The molecule has 0 amide bonds. The zero-order valence-electron chi connectivity index (χ0n) is 10.9. The molecule has 1 aromatic carbocycles. The fraction of sp³-hybridized carbons (Fsp3) is 0.500. The van der Waals surface area contributed by atoms with Gasteiger partial charge in [-0.1, -0.05) is 13.3 Å². The third-order valence-electron chi connectivity index (χ3n) is 4.48. The van der Waals surface area contributed by atoms with E-state index < -0.39 is 0 Å². The third-order valence-corrected chi connectivity index (χ3v) is 5.30. The van der Waals surface area contributed by atoms with E-state index in [2.05, 4.69) is 11.9 Å². The van der Waals surface area contributed by atoms with Gasteiger partial charge in [-0.3, -0.25) is 0 Å². The first kappa shape index (κ1) is 13.1. The molecule has 0 unspecified atom stereocenters. The minimum Gasteiger partial charge on any atom is -0.369 e. The molecule has 19 heavy (non-hydrogen) atoms. The summed E-state index contributed by atoms with van der Waals surface area (Å²) in [6, 6.07) is 3.32. The number of anilines is 1. The Morgan fingerprint density at radius 1 is 1.47 bits per heavy atom. The Morgan fingerprint density at radius 3 is 2.79 bits per heavy atom. The van der Waals surface area contributed by atoms with Gasteiger partial charge in [0.05, 0.1) is 14.6 Å². The summed E-state index contributed by atoms with van der Waals surface area (Å²) < 4.78 is 16.3. The van der Waals surface area contributed by atoms with Crippen molar-refractivity contribution in [3.8, 4) is 0 Å². The van der Waals surface area contributed by atoms with Crippen LogP contribution < -0.4 is 5.73 Å². The number of nitrogens with two attached hydrogens (primary N) is 1. The molecule has 0 atom stereocenters. The minimum atomic E-state index is -0.201. The number of halogens is 2. The van der Waals surface area contributed by atoms with E-state index in [9.17, 15) is 4.39 Å². The van der Waals surface area contributed by atoms with Crippen LogP contribution in [0.1, 0.15) is 32.6 Å². The van der Waals surface area contributed by atoms with Crippen molar-refractivity contribution in [2.24, 2.45) is 5.41 Å². The van der Waals surface area contributed by atoms with Gasteiger partial charge in [0.1, 0.15) is 5.82 Å². The molecular formula is C14H17FIN3. The van der Waals surface area contributed by atoms with E-state index in [0.717, 1.165) is 24.0 Å². The summed E-state index contributed by atoms with van der Waals surface area (Å²) in [5.74, 6) is 0.296. The highest BCUT2D eigenvalue weighted by Crippen LogP contribution is 2.46. The van der Waals surface area contributed by atoms with E-state index in [0.29, 0.717) is 14.9 Å². The fourth-order valence-electron chi connectivity index (χ4n) is 2.94.